The van der Waals surface area contributed by atoms with E-state index in [9.17, 15) is 9.59 Å². The normalized spacial score (nSPS) is 11.2. The van der Waals surface area contributed by atoms with Crippen LogP contribution in [0.1, 0.15) is 27.9 Å². The lowest BCUT2D eigenvalue weighted by atomic mass is 10.1. The Kier molecular flexibility index (Phi) is 9.05. The van der Waals surface area contributed by atoms with Crippen LogP contribution in [0.25, 0.3) is 20.2 Å². The molecular weight excluding hydrogens is 548 g/mol. The van der Waals surface area contributed by atoms with Gasteiger partial charge in [0.15, 0.2) is 16.9 Å². The molecule has 0 aliphatic carbocycles. The summed E-state index contributed by atoms with van der Waals surface area (Å²) in [6.07, 6.45) is 1.93. The van der Waals surface area contributed by atoms with E-state index in [0.29, 0.717) is 32.5 Å². The Morgan fingerprint density at radius 3 is 2.17 bits per heavy atom. The van der Waals surface area contributed by atoms with Crippen LogP contribution in [0.15, 0.2) is 83.7 Å². The third kappa shape index (κ3) is 6.25. The van der Waals surface area contributed by atoms with Crippen LogP contribution in [-0.2, 0) is 13.0 Å². The summed E-state index contributed by atoms with van der Waals surface area (Å²) in [7, 11) is 6.98. The van der Waals surface area contributed by atoms with Gasteiger partial charge in [-0.2, -0.15) is 0 Å². The lowest BCUT2D eigenvalue weighted by molar-refractivity contribution is 0.102. The van der Waals surface area contributed by atoms with Crippen molar-refractivity contribution in [1.82, 2.24) is 4.90 Å². The van der Waals surface area contributed by atoms with Gasteiger partial charge >= 0.3 is 0 Å². The average molecular weight is 583 g/mol. The van der Waals surface area contributed by atoms with E-state index in [1.54, 1.807) is 51.7 Å². The molecule has 8 heteroatoms. The molecule has 4 aromatic carbocycles. The zero-order valence-electron chi connectivity index (χ0n) is 24.2. The maximum absolute atomic E-state index is 13.3. The summed E-state index contributed by atoms with van der Waals surface area (Å²) in [5.41, 5.74) is 3.43. The first-order valence-electron chi connectivity index (χ1n) is 13.7. The van der Waals surface area contributed by atoms with Crippen molar-refractivity contribution in [3.8, 4) is 17.2 Å². The standard InChI is InChI=1S/C34H34N2O5S/c1-36(21-23-15-18-28(39-2)30(20-23)41-4)19-7-8-22-13-16-24(17-14-22)35-34(38)27-11-5-9-25-31(37)26-10-6-12-29(40-3)33(26)42-32(25)27/h5-6,9-18,20H,7-8,19,21H2,1-4H3,(H,35,38). The number of amides is 1. The highest BCUT2D eigenvalue weighted by Gasteiger charge is 2.16. The fourth-order valence-electron chi connectivity index (χ4n) is 5.09. The number of nitrogens with one attached hydrogen (secondary N) is 1. The molecule has 0 unspecified atom stereocenters. The largest absolute Gasteiger partial charge is 0.495 e. The zero-order chi connectivity index (χ0) is 29.6. The molecule has 216 valence electrons. The highest BCUT2D eigenvalue weighted by molar-refractivity contribution is 7.25. The molecule has 0 aliphatic rings. The number of ether oxygens (including phenoxy) is 3. The lowest BCUT2D eigenvalue weighted by Crippen LogP contribution is -2.19. The third-order valence-electron chi connectivity index (χ3n) is 7.27. The minimum atomic E-state index is -0.255. The first-order chi connectivity index (χ1) is 20.4. The Balaban J connectivity index is 1.21. The lowest BCUT2D eigenvalue weighted by Gasteiger charge is -2.18. The Labute approximate surface area is 249 Å². The number of hydrogen-bond donors (Lipinski definition) is 1. The number of methoxy groups -OCH3 is 3. The van der Waals surface area contributed by atoms with Crippen LogP contribution in [0.4, 0.5) is 5.69 Å². The van der Waals surface area contributed by atoms with E-state index in [0.717, 1.165) is 42.1 Å². The van der Waals surface area contributed by atoms with Crippen LogP contribution < -0.4 is 25.0 Å². The second-order valence-corrected chi connectivity index (χ2v) is 11.2. The van der Waals surface area contributed by atoms with Crippen LogP contribution in [-0.4, -0.2) is 45.7 Å². The summed E-state index contributed by atoms with van der Waals surface area (Å²) >= 11 is 1.40. The van der Waals surface area contributed by atoms with Gasteiger partial charge < -0.3 is 24.4 Å². The molecule has 5 aromatic rings. The first-order valence-corrected chi connectivity index (χ1v) is 14.6. The van der Waals surface area contributed by atoms with E-state index in [4.69, 9.17) is 14.2 Å². The number of nitrogens with zero attached hydrogens (tertiary/aromatic N) is 1. The van der Waals surface area contributed by atoms with Gasteiger partial charge in [-0.1, -0.05) is 30.3 Å². The second-order valence-electron chi connectivity index (χ2n) is 10.1. The summed E-state index contributed by atoms with van der Waals surface area (Å²) < 4.78 is 17.6. The van der Waals surface area contributed by atoms with Gasteiger partial charge in [0.25, 0.3) is 5.91 Å². The molecule has 1 amide bonds. The van der Waals surface area contributed by atoms with Gasteiger partial charge in [-0.05, 0) is 86.1 Å². The van der Waals surface area contributed by atoms with E-state index in [1.807, 2.05) is 42.5 Å². The number of aryl methyl sites for hydroxylation is 1. The Bertz CT molecular complexity index is 1780. The van der Waals surface area contributed by atoms with E-state index in [1.165, 1.54) is 22.5 Å². The van der Waals surface area contributed by atoms with Gasteiger partial charge in [0, 0.05) is 23.0 Å². The maximum atomic E-state index is 13.3. The van der Waals surface area contributed by atoms with Gasteiger partial charge in [-0.15, -0.1) is 11.3 Å². The fourth-order valence-corrected chi connectivity index (χ4v) is 6.36. The fraction of sp³-hybridized carbons (Fsp3) is 0.235. The number of carbonyl (C=O) groups is 1. The molecule has 42 heavy (non-hydrogen) atoms. The van der Waals surface area contributed by atoms with Crippen LogP contribution in [0.3, 0.4) is 0 Å². The van der Waals surface area contributed by atoms with Gasteiger partial charge in [0.05, 0.1) is 36.3 Å². The Morgan fingerprint density at radius 2 is 1.45 bits per heavy atom. The van der Waals surface area contributed by atoms with Crippen molar-refractivity contribution in [2.45, 2.75) is 19.4 Å². The van der Waals surface area contributed by atoms with Gasteiger partial charge in [0.2, 0.25) is 0 Å². The Morgan fingerprint density at radius 1 is 0.786 bits per heavy atom. The number of carbonyl (C=O) groups excluding carboxylic acids is 1. The monoisotopic (exact) mass is 582 g/mol. The number of benzene rings is 4. The molecule has 0 bridgehead atoms. The highest BCUT2D eigenvalue weighted by Crippen LogP contribution is 2.34. The average Bonchev–Trinajstić information content (AvgIpc) is 3.01. The van der Waals surface area contributed by atoms with Gasteiger partial charge in [0.1, 0.15) is 5.75 Å². The minimum Gasteiger partial charge on any atom is -0.495 e. The molecule has 1 heterocycles. The van der Waals surface area contributed by atoms with Crippen LogP contribution >= 0.6 is 11.3 Å². The molecule has 0 saturated heterocycles. The summed E-state index contributed by atoms with van der Waals surface area (Å²) in [6, 6.07) is 24.6. The van der Waals surface area contributed by atoms with Gasteiger partial charge in [-0.25, -0.2) is 0 Å². The smallest absolute Gasteiger partial charge is 0.257 e. The summed E-state index contributed by atoms with van der Waals surface area (Å²) in [5, 5.41) is 4.12. The molecule has 7 nitrogen and oxygen atoms in total. The molecular formula is C34H34N2O5S. The van der Waals surface area contributed by atoms with Crippen molar-refractivity contribution in [3.63, 3.8) is 0 Å². The van der Waals surface area contributed by atoms with Crippen molar-refractivity contribution in [2.24, 2.45) is 0 Å². The zero-order valence-corrected chi connectivity index (χ0v) is 25.0. The number of fused-ring (bicyclic) bond motifs is 2. The number of anilines is 1. The summed E-state index contributed by atoms with van der Waals surface area (Å²) in [6.45, 7) is 1.76. The molecule has 1 N–H and O–H groups in total. The predicted molar refractivity (Wildman–Crippen MR) is 171 cm³/mol. The van der Waals surface area contributed by atoms with Crippen molar-refractivity contribution in [3.05, 3.63) is 106 Å². The van der Waals surface area contributed by atoms with E-state index >= 15 is 0 Å². The summed E-state index contributed by atoms with van der Waals surface area (Å²) in [4.78, 5) is 28.8. The van der Waals surface area contributed by atoms with Crippen LogP contribution in [0, 0.1) is 0 Å². The molecule has 5 rings (SSSR count). The quantitative estimate of drug-likeness (QED) is 0.174. The molecule has 0 atom stereocenters. The molecule has 0 aliphatic heterocycles. The molecule has 1 aromatic heterocycles. The summed E-state index contributed by atoms with van der Waals surface area (Å²) in [5.74, 6) is 1.83. The molecule has 0 radical (unpaired) electrons. The first kappa shape index (κ1) is 29.1. The van der Waals surface area contributed by atoms with Crippen molar-refractivity contribution < 1.29 is 19.0 Å². The maximum Gasteiger partial charge on any atom is 0.257 e. The van der Waals surface area contributed by atoms with E-state index in [2.05, 4.69) is 23.3 Å². The third-order valence-corrected chi connectivity index (χ3v) is 8.54. The number of rotatable bonds is 11. The van der Waals surface area contributed by atoms with E-state index < -0.39 is 0 Å². The second kappa shape index (κ2) is 13.1. The predicted octanol–water partition coefficient (Wildman–Crippen LogP) is 6.76. The molecule has 0 spiro atoms. The van der Waals surface area contributed by atoms with Crippen LogP contribution in [0.5, 0.6) is 17.2 Å². The van der Waals surface area contributed by atoms with Gasteiger partial charge in [-0.3, -0.25) is 9.59 Å². The molecule has 0 saturated carbocycles. The topological polar surface area (TPSA) is 77.1 Å². The van der Waals surface area contributed by atoms with Crippen molar-refractivity contribution in [2.75, 3.05) is 40.2 Å². The van der Waals surface area contributed by atoms with E-state index in [-0.39, 0.29) is 11.3 Å². The number of hydrogen-bond acceptors (Lipinski definition) is 7. The SMILES string of the molecule is COc1ccc(CN(C)CCCc2ccc(NC(=O)c3cccc4c(=O)c5cccc(OC)c5sc34)cc2)cc1OC. The van der Waals surface area contributed by atoms with Crippen molar-refractivity contribution >= 4 is 43.1 Å². The molecule has 0 fully saturated rings. The Hall–Kier alpha value is -4.40. The van der Waals surface area contributed by atoms with Crippen molar-refractivity contribution in [1.29, 1.82) is 0 Å². The highest BCUT2D eigenvalue weighted by atomic mass is 32.1. The minimum absolute atomic E-state index is 0.106. The van der Waals surface area contributed by atoms with Crippen LogP contribution in [0.2, 0.25) is 0 Å².